The fourth-order valence-corrected chi connectivity index (χ4v) is 2.70. The predicted octanol–water partition coefficient (Wildman–Crippen LogP) is 1.39. The van der Waals surface area contributed by atoms with E-state index in [-0.39, 0.29) is 5.56 Å². The minimum Gasteiger partial charge on any atom is -0.352 e. The Hall–Kier alpha value is -1.47. The Morgan fingerprint density at radius 1 is 1.35 bits per heavy atom. The second-order valence-corrected chi connectivity index (χ2v) is 6.62. The molecule has 0 bridgehead atoms. The SMILES string of the molecule is NS(=O)(=O)c1cc(F)cc(C(=O)NCCC2CCC2)c1. The van der Waals surface area contributed by atoms with E-state index in [4.69, 9.17) is 5.14 Å². The first-order chi connectivity index (χ1) is 9.36. The van der Waals surface area contributed by atoms with Crippen molar-refractivity contribution >= 4 is 15.9 Å². The van der Waals surface area contributed by atoms with Crippen LogP contribution in [0.15, 0.2) is 23.1 Å². The van der Waals surface area contributed by atoms with Crippen molar-refractivity contribution in [2.24, 2.45) is 11.1 Å². The molecule has 110 valence electrons. The van der Waals surface area contributed by atoms with Crippen LogP contribution in [0.1, 0.15) is 36.0 Å². The van der Waals surface area contributed by atoms with Gasteiger partial charge in [0, 0.05) is 12.1 Å². The van der Waals surface area contributed by atoms with Crippen LogP contribution < -0.4 is 10.5 Å². The highest BCUT2D eigenvalue weighted by Gasteiger charge is 2.18. The zero-order chi connectivity index (χ0) is 14.8. The topological polar surface area (TPSA) is 89.3 Å². The standard InChI is InChI=1S/C13H17FN2O3S/c14-11-6-10(7-12(8-11)20(15,18)19)13(17)16-5-4-9-2-1-3-9/h6-9H,1-5H2,(H,16,17)(H2,15,18,19). The van der Waals surface area contributed by atoms with E-state index in [1.165, 1.54) is 19.3 Å². The van der Waals surface area contributed by atoms with Crippen LogP contribution in [0.2, 0.25) is 0 Å². The van der Waals surface area contributed by atoms with Crippen molar-refractivity contribution in [1.29, 1.82) is 0 Å². The summed E-state index contributed by atoms with van der Waals surface area (Å²) in [5.74, 6) is -0.641. The lowest BCUT2D eigenvalue weighted by molar-refractivity contribution is 0.0948. The van der Waals surface area contributed by atoms with Gasteiger partial charge >= 0.3 is 0 Å². The molecule has 1 aromatic carbocycles. The number of rotatable bonds is 5. The zero-order valence-electron chi connectivity index (χ0n) is 10.9. The van der Waals surface area contributed by atoms with Crippen molar-refractivity contribution in [1.82, 2.24) is 5.32 Å². The minimum absolute atomic E-state index is 0.0392. The number of nitrogens with one attached hydrogen (secondary N) is 1. The molecule has 1 saturated carbocycles. The van der Waals surface area contributed by atoms with Gasteiger partial charge in [0.2, 0.25) is 10.0 Å². The summed E-state index contributed by atoms with van der Waals surface area (Å²) in [5, 5.41) is 7.60. The average molecular weight is 300 g/mol. The van der Waals surface area contributed by atoms with Gasteiger partial charge in [0.15, 0.2) is 0 Å². The molecule has 0 radical (unpaired) electrons. The van der Waals surface area contributed by atoms with Gasteiger partial charge in [-0.05, 0) is 30.5 Å². The molecule has 0 atom stereocenters. The summed E-state index contributed by atoms with van der Waals surface area (Å²) in [6, 6.07) is 2.87. The molecule has 0 heterocycles. The normalized spacial score (nSPS) is 15.7. The van der Waals surface area contributed by atoms with Gasteiger partial charge in [-0.25, -0.2) is 17.9 Å². The molecule has 0 aromatic heterocycles. The molecule has 7 heteroatoms. The number of carbonyl (C=O) groups is 1. The van der Waals surface area contributed by atoms with Crippen LogP contribution in [-0.2, 0) is 10.0 Å². The van der Waals surface area contributed by atoms with E-state index in [0.29, 0.717) is 12.5 Å². The van der Waals surface area contributed by atoms with E-state index in [9.17, 15) is 17.6 Å². The summed E-state index contributed by atoms with van der Waals surface area (Å²) in [7, 11) is -4.03. The molecule has 1 aliphatic rings. The van der Waals surface area contributed by atoms with Crippen molar-refractivity contribution in [3.05, 3.63) is 29.6 Å². The molecule has 20 heavy (non-hydrogen) atoms. The number of nitrogens with two attached hydrogens (primary N) is 1. The number of amides is 1. The van der Waals surface area contributed by atoms with Gasteiger partial charge in [0.05, 0.1) is 4.90 Å². The lowest BCUT2D eigenvalue weighted by Crippen LogP contribution is -2.27. The van der Waals surface area contributed by atoms with E-state index < -0.39 is 26.6 Å². The van der Waals surface area contributed by atoms with Crippen LogP contribution in [0.5, 0.6) is 0 Å². The summed E-state index contributed by atoms with van der Waals surface area (Å²) in [6.07, 6.45) is 4.50. The van der Waals surface area contributed by atoms with Crippen molar-refractivity contribution in [3.8, 4) is 0 Å². The maximum atomic E-state index is 13.3. The number of carbonyl (C=O) groups excluding carboxylic acids is 1. The Morgan fingerprint density at radius 3 is 2.60 bits per heavy atom. The van der Waals surface area contributed by atoms with Crippen molar-refractivity contribution in [2.75, 3.05) is 6.54 Å². The summed E-state index contributed by atoms with van der Waals surface area (Å²) < 4.78 is 35.7. The molecule has 0 spiro atoms. The van der Waals surface area contributed by atoms with Crippen molar-refractivity contribution in [2.45, 2.75) is 30.6 Å². The molecule has 1 amide bonds. The van der Waals surface area contributed by atoms with Crippen molar-refractivity contribution < 1.29 is 17.6 Å². The third-order valence-electron chi connectivity index (χ3n) is 3.52. The Balaban J connectivity index is 2.03. The van der Waals surface area contributed by atoms with Gasteiger partial charge in [-0.15, -0.1) is 0 Å². The Labute approximate surface area is 117 Å². The molecule has 1 aromatic rings. The number of benzene rings is 1. The number of sulfonamides is 1. The van der Waals surface area contributed by atoms with Crippen LogP contribution in [0, 0.1) is 11.7 Å². The largest absolute Gasteiger partial charge is 0.352 e. The quantitative estimate of drug-likeness (QED) is 0.861. The minimum atomic E-state index is -4.03. The number of primary sulfonamides is 1. The molecule has 1 fully saturated rings. The number of hydrogen-bond acceptors (Lipinski definition) is 3. The average Bonchev–Trinajstić information content (AvgIpc) is 2.30. The third-order valence-corrected chi connectivity index (χ3v) is 4.42. The van der Waals surface area contributed by atoms with Gasteiger partial charge in [-0.1, -0.05) is 19.3 Å². The monoisotopic (exact) mass is 300 g/mol. The van der Waals surface area contributed by atoms with Crippen LogP contribution in [0.25, 0.3) is 0 Å². The van der Waals surface area contributed by atoms with E-state index in [1.54, 1.807) is 0 Å². The second-order valence-electron chi connectivity index (χ2n) is 5.06. The maximum Gasteiger partial charge on any atom is 0.251 e. The Bertz CT molecular complexity index is 612. The zero-order valence-corrected chi connectivity index (χ0v) is 11.7. The second kappa shape index (κ2) is 5.88. The molecule has 0 aliphatic heterocycles. The van der Waals surface area contributed by atoms with Gasteiger partial charge < -0.3 is 5.32 Å². The lowest BCUT2D eigenvalue weighted by atomic mass is 9.83. The highest BCUT2D eigenvalue weighted by Crippen LogP contribution is 2.28. The van der Waals surface area contributed by atoms with E-state index in [0.717, 1.165) is 24.6 Å². The first-order valence-electron chi connectivity index (χ1n) is 6.48. The molecule has 1 aliphatic carbocycles. The Morgan fingerprint density at radius 2 is 2.05 bits per heavy atom. The van der Waals surface area contributed by atoms with E-state index >= 15 is 0 Å². The highest BCUT2D eigenvalue weighted by molar-refractivity contribution is 7.89. The molecule has 2 rings (SSSR count). The molecule has 3 N–H and O–H groups in total. The highest BCUT2D eigenvalue weighted by atomic mass is 32.2. The van der Waals surface area contributed by atoms with Gasteiger partial charge in [0.25, 0.3) is 5.91 Å². The molecular formula is C13H17FN2O3S. The van der Waals surface area contributed by atoms with E-state index in [1.807, 2.05) is 0 Å². The fraction of sp³-hybridized carbons (Fsp3) is 0.462. The number of hydrogen-bond donors (Lipinski definition) is 2. The molecule has 0 unspecified atom stereocenters. The first kappa shape index (κ1) is 14.9. The third kappa shape index (κ3) is 3.77. The van der Waals surface area contributed by atoms with Crippen LogP contribution in [0.3, 0.4) is 0 Å². The molecule has 0 saturated heterocycles. The summed E-state index contributed by atoms with van der Waals surface area (Å²) in [5.41, 5.74) is -0.0392. The summed E-state index contributed by atoms with van der Waals surface area (Å²) in [6.45, 7) is 0.505. The van der Waals surface area contributed by atoms with Gasteiger partial charge in [-0.3, -0.25) is 4.79 Å². The van der Waals surface area contributed by atoms with Gasteiger partial charge in [0.1, 0.15) is 5.82 Å². The fourth-order valence-electron chi connectivity index (χ4n) is 2.13. The Kier molecular flexibility index (Phi) is 4.39. The summed E-state index contributed by atoms with van der Waals surface area (Å²) >= 11 is 0. The molecular weight excluding hydrogens is 283 g/mol. The predicted molar refractivity (Wildman–Crippen MR) is 72.1 cm³/mol. The van der Waals surface area contributed by atoms with E-state index in [2.05, 4.69) is 5.32 Å². The van der Waals surface area contributed by atoms with Crippen LogP contribution in [0.4, 0.5) is 4.39 Å². The smallest absolute Gasteiger partial charge is 0.251 e. The number of halogens is 1. The van der Waals surface area contributed by atoms with Crippen LogP contribution in [-0.4, -0.2) is 20.9 Å². The van der Waals surface area contributed by atoms with Gasteiger partial charge in [-0.2, -0.15) is 0 Å². The molecule has 5 nitrogen and oxygen atoms in total. The lowest BCUT2D eigenvalue weighted by Gasteiger charge is -2.25. The van der Waals surface area contributed by atoms with Crippen molar-refractivity contribution in [3.63, 3.8) is 0 Å². The summed E-state index contributed by atoms with van der Waals surface area (Å²) in [4.78, 5) is 11.4. The first-order valence-corrected chi connectivity index (χ1v) is 8.02. The van der Waals surface area contributed by atoms with Crippen LogP contribution >= 0.6 is 0 Å². The maximum absolute atomic E-state index is 13.3.